The fraction of sp³-hybridized carbons (Fsp3) is 0.375. The Bertz CT molecular complexity index is 1570. The quantitative estimate of drug-likeness (QED) is 0.189. The number of rotatable bonds is 13. The maximum Gasteiger partial charge on any atom is 0.331 e. The Hall–Kier alpha value is -4.66. The van der Waals surface area contributed by atoms with Crippen LogP contribution < -0.4 is 20.3 Å². The average Bonchev–Trinajstić information content (AvgIpc) is 3.84. The number of imide groups is 1. The van der Waals surface area contributed by atoms with E-state index in [0.717, 1.165) is 42.5 Å². The lowest BCUT2D eigenvalue weighted by molar-refractivity contribution is -0.132. The number of benzene rings is 2. The summed E-state index contributed by atoms with van der Waals surface area (Å²) >= 11 is 0. The summed E-state index contributed by atoms with van der Waals surface area (Å²) < 4.78 is 34.4. The number of hydrogen-bond donors (Lipinski definition) is 3. The summed E-state index contributed by atoms with van der Waals surface area (Å²) in [6, 6.07) is 11.2. The molecule has 4 amide bonds. The Morgan fingerprint density at radius 1 is 1.07 bits per heavy atom. The number of nitrogens with one attached hydrogen (secondary N) is 2. The summed E-state index contributed by atoms with van der Waals surface area (Å²) in [5.74, 6) is -3.30. The van der Waals surface area contributed by atoms with Gasteiger partial charge in [0.25, 0.3) is 0 Å². The Balaban J connectivity index is 1.25. The van der Waals surface area contributed by atoms with Gasteiger partial charge in [-0.25, -0.2) is 23.5 Å². The molecule has 1 aromatic heterocycles. The molecule has 1 aliphatic heterocycles. The van der Waals surface area contributed by atoms with E-state index in [4.69, 9.17) is 4.74 Å². The second-order valence-corrected chi connectivity index (χ2v) is 11.7. The summed E-state index contributed by atoms with van der Waals surface area (Å²) in [7, 11) is 5.63. The number of aliphatic hydroxyl groups excluding tert-OH is 1. The van der Waals surface area contributed by atoms with Crippen molar-refractivity contribution in [2.24, 2.45) is 11.8 Å². The standard InChI is InChI=1S/C32H37F2N7O5/c1-38(2)14-15-39(3)31(44)37-28-17-24(12-13-35-28)46-27-11-8-22(16-26(27)34)36-29(42)25-19-40(18-20-4-5-20)32(45)41(30(25)43)23-9-6-21(33)7-10-23/h6-13,16-17,20,25,31,44H,4-5,14-15,18-19H2,1-3H3,(H,35,37)(H,36,42). The lowest BCUT2D eigenvalue weighted by atomic mass is 10.0. The molecule has 3 aromatic rings. The summed E-state index contributed by atoms with van der Waals surface area (Å²) in [5, 5.41) is 15.9. The van der Waals surface area contributed by atoms with Crippen molar-refractivity contribution in [3.05, 3.63) is 72.4 Å². The number of carbonyl (C=O) groups is 3. The zero-order valence-corrected chi connectivity index (χ0v) is 25.8. The number of hydrogen-bond acceptors (Lipinski definition) is 9. The van der Waals surface area contributed by atoms with E-state index in [2.05, 4.69) is 15.6 Å². The molecular weight excluding hydrogens is 600 g/mol. The van der Waals surface area contributed by atoms with Crippen molar-refractivity contribution in [1.82, 2.24) is 19.7 Å². The van der Waals surface area contributed by atoms with Gasteiger partial charge in [-0.3, -0.25) is 14.5 Å². The van der Waals surface area contributed by atoms with Crippen LogP contribution in [0, 0.1) is 23.5 Å². The number of anilines is 3. The zero-order valence-electron chi connectivity index (χ0n) is 25.8. The highest BCUT2D eigenvalue weighted by atomic mass is 19.1. The summed E-state index contributed by atoms with van der Waals surface area (Å²) in [6.07, 6.45) is 2.34. The van der Waals surface area contributed by atoms with Crippen LogP contribution in [-0.2, 0) is 9.59 Å². The molecule has 244 valence electrons. The third kappa shape index (κ3) is 8.13. The second-order valence-electron chi connectivity index (χ2n) is 11.7. The van der Waals surface area contributed by atoms with E-state index < -0.39 is 41.7 Å². The minimum Gasteiger partial charge on any atom is -0.454 e. The zero-order chi connectivity index (χ0) is 33.0. The summed E-state index contributed by atoms with van der Waals surface area (Å²) in [4.78, 5) is 50.2. The topological polar surface area (TPSA) is 131 Å². The van der Waals surface area contributed by atoms with Crippen molar-refractivity contribution < 1.29 is 33.0 Å². The molecule has 1 saturated carbocycles. The van der Waals surface area contributed by atoms with Crippen LogP contribution in [0.1, 0.15) is 12.8 Å². The van der Waals surface area contributed by atoms with Gasteiger partial charge in [0.05, 0.1) is 5.69 Å². The van der Waals surface area contributed by atoms with Crippen LogP contribution in [0.2, 0.25) is 0 Å². The van der Waals surface area contributed by atoms with Crippen molar-refractivity contribution in [2.45, 2.75) is 19.2 Å². The number of urea groups is 1. The molecule has 5 rings (SSSR count). The number of amides is 4. The van der Waals surface area contributed by atoms with E-state index in [1.165, 1.54) is 47.5 Å². The van der Waals surface area contributed by atoms with Crippen molar-refractivity contribution in [2.75, 3.05) is 62.9 Å². The van der Waals surface area contributed by atoms with Crippen LogP contribution in [-0.4, -0.2) is 96.3 Å². The van der Waals surface area contributed by atoms with Crippen LogP contribution in [0.3, 0.4) is 0 Å². The van der Waals surface area contributed by atoms with Crippen molar-refractivity contribution >= 4 is 35.0 Å². The molecule has 46 heavy (non-hydrogen) atoms. The largest absolute Gasteiger partial charge is 0.454 e. The van der Waals surface area contributed by atoms with Gasteiger partial charge in [-0.15, -0.1) is 0 Å². The number of aromatic nitrogens is 1. The Morgan fingerprint density at radius 3 is 2.48 bits per heavy atom. The number of pyridine rings is 1. The molecule has 0 spiro atoms. The molecule has 2 fully saturated rings. The molecule has 14 heteroatoms. The third-order valence-electron chi connectivity index (χ3n) is 7.71. The van der Waals surface area contributed by atoms with Gasteiger partial charge in [0.1, 0.15) is 23.3 Å². The van der Waals surface area contributed by atoms with E-state index in [1.807, 2.05) is 19.0 Å². The number of halogens is 2. The molecular formula is C32H37F2N7O5. The highest BCUT2D eigenvalue weighted by molar-refractivity contribution is 6.23. The first-order valence-corrected chi connectivity index (χ1v) is 14.9. The van der Waals surface area contributed by atoms with E-state index in [1.54, 1.807) is 11.9 Å². The number of ether oxygens (including phenoxy) is 1. The van der Waals surface area contributed by atoms with Gasteiger partial charge in [-0.05, 0) is 82.4 Å². The van der Waals surface area contributed by atoms with Crippen LogP contribution in [0.5, 0.6) is 11.5 Å². The molecule has 2 heterocycles. The molecule has 0 bridgehead atoms. The maximum absolute atomic E-state index is 15.1. The van der Waals surface area contributed by atoms with Gasteiger partial charge in [-0.1, -0.05) is 0 Å². The predicted molar refractivity (Wildman–Crippen MR) is 167 cm³/mol. The van der Waals surface area contributed by atoms with Gasteiger partial charge in [-0.2, -0.15) is 0 Å². The van der Waals surface area contributed by atoms with Gasteiger partial charge in [0.15, 0.2) is 17.9 Å². The summed E-state index contributed by atoms with van der Waals surface area (Å²) in [5.41, 5.74) is 0.241. The monoisotopic (exact) mass is 637 g/mol. The molecule has 1 saturated heterocycles. The third-order valence-corrected chi connectivity index (χ3v) is 7.71. The smallest absolute Gasteiger partial charge is 0.331 e. The van der Waals surface area contributed by atoms with Gasteiger partial charge in [0.2, 0.25) is 11.8 Å². The average molecular weight is 638 g/mol. The normalized spacial score (nSPS) is 17.4. The first kappa shape index (κ1) is 32.7. The van der Waals surface area contributed by atoms with Gasteiger partial charge < -0.3 is 30.3 Å². The fourth-order valence-corrected chi connectivity index (χ4v) is 4.85. The van der Waals surface area contributed by atoms with Crippen molar-refractivity contribution in [3.8, 4) is 11.5 Å². The number of likely N-dealkylation sites (N-methyl/N-ethyl adjacent to an activating group) is 2. The Kier molecular flexibility index (Phi) is 10.1. The molecule has 0 radical (unpaired) electrons. The lowest BCUT2D eigenvalue weighted by Gasteiger charge is -2.38. The van der Waals surface area contributed by atoms with E-state index in [0.29, 0.717) is 24.8 Å². The highest BCUT2D eigenvalue weighted by Crippen LogP contribution is 2.33. The van der Waals surface area contributed by atoms with Crippen LogP contribution in [0.15, 0.2) is 60.8 Å². The SMILES string of the molecule is CN(C)CCN(C)C(O)Nc1cc(Oc2ccc(NC(=O)C3CN(CC4CC4)C(=O)N(c4ccc(F)cc4)C3=O)cc2F)ccn1. The molecule has 12 nitrogen and oxygen atoms in total. The number of nitrogens with zero attached hydrogens (tertiary/aromatic N) is 5. The van der Waals surface area contributed by atoms with E-state index in [-0.39, 0.29) is 29.4 Å². The molecule has 2 unspecified atom stereocenters. The first-order chi connectivity index (χ1) is 22.0. The Morgan fingerprint density at radius 2 is 1.80 bits per heavy atom. The first-order valence-electron chi connectivity index (χ1n) is 14.9. The number of carbonyl (C=O) groups excluding carboxylic acids is 3. The van der Waals surface area contributed by atoms with E-state index >= 15 is 4.39 Å². The maximum atomic E-state index is 15.1. The number of aliphatic hydroxyl groups is 1. The molecule has 2 atom stereocenters. The molecule has 3 N–H and O–H groups in total. The minimum atomic E-state index is -1.26. The van der Waals surface area contributed by atoms with Gasteiger partial charge >= 0.3 is 6.03 Å². The van der Waals surface area contributed by atoms with Crippen LogP contribution in [0.4, 0.5) is 30.8 Å². The molecule has 1 aliphatic carbocycles. The van der Waals surface area contributed by atoms with Gasteiger partial charge in [0, 0.05) is 50.2 Å². The highest BCUT2D eigenvalue weighted by Gasteiger charge is 2.45. The second kappa shape index (κ2) is 14.2. The minimum absolute atomic E-state index is 0.0857. The summed E-state index contributed by atoms with van der Waals surface area (Å²) in [6.45, 7) is 1.61. The van der Waals surface area contributed by atoms with Crippen molar-refractivity contribution in [1.29, 1.82) is 0 Å². The van der Waals surface area contributed by atoms with Crippen LogP contribution in [0.25, 0.3) is 0 Å². The fourth-order valence-electron chi connectivity index (χ4n) is 4.85. The van der Waals surface area contributed by atoms with Crippen LogP contribution >= 0.6 is 0 Å². The van der Waals surface area contributed by atoms with Crippen molar-refractivity contribution in [3.63, 3.8) is 0 Å². The molecule has 2 aliphatic rings. The predicted octanol–water partition coefficient (Wildman–Crippen LogP) is 3.77. The Labute approximate surface area is 265 Å². The van der Waals surface area contributed by atoms with E-state index in [9.17, 15) is 23.9 Å². The molecule has 2 aromatic carbocycles. The lowest BCUT2D eigenvalue weighted by Crippen LogP contribution is -2.60.